The zero-order valence-corrected chi connectivity index (χ0v) is 52.2. The Bertz CT molecular complexity index is 1060. The van der Waals surface area contributed by atoms with Gasteiger partial charge in [-0.15, -0.1) is 6.58 Å². The summed E-state index contributed by atoms with van der Waals surface area (Å²) >= 11 is 0. The summed E-state index contributed by atoms with van der Waals surface area (Å²) < 4.78 is 0. The summed E-state index contributed by atoms with van der Waals surface area (Å²) in [6.45, 7) is 29.1. The molecule has 0 N–H and O–H groups in total. The molecule has 0 saturated heterocycles. The second kappa shape index (κ2) is 73.7. The molecule has 0 aliphatic carbocycles. The molecule has 0 aromatic carbocycles. The van der Waals surface area contributed by atoms with Crippen LogP contribution in [0, 0.1) is 23.7 Å². The molecule has 0 spiro atoms. The summed E-state index contributed by atoms with van der Waals surface area (Å²) in [5, 5.41) is 0. The van der Waals surface area contributed by atoms with Crippen LogP contribution in [-0.2, 0) is 0 Å². The molecule has 0 rings (SSSR count). The van der Waals surface area contributed by atoms with E-state index in [2.05, 4.69) is 144 Å². The lowest BCUT2D eigenvalue weighted by Gasteiger charge is -2.04. The van der Waals surface area contributed by atoms with Crippen LogP contribution >= 0.6 is 0 Å². The first kappa shape index (κ1) is 76.9. The molecule has 0 aromatic rings. The van der Waals surface area contributed by atoms with Crippen LogP contribution < -0.4 is 0 Å². The topological polar surface area (TPSA) is 0 Å². The van der Waals surface area contributed by atoms with Crippen LogP contribution in [0.3, 0.4) is 0 Å². The van der Waals surface area contributed by atoms with Gasteiger partial charge in [0.05, 0.1) is 0 Å². The standard InChI is InChI=1S/C18H38.C18H36.C18H34.C18H32/c4*1-4-5-6-7-8-9-10-11-12-13-14-15-16-17-18(2)3/h18H,4-17H2,1-3H3;9-10,18H,4-8,11-17H2,1-3H3;6-7,9-10,18H,4-5,8,11-17H2,1-3H3;4,6-7,9-10,18H,1,5,8,11-17H2,2-3H3/b;10-9-;2*7-6-,10-9-. The molecule has 0 aliphatic heterocycles. The minimum atomic E-state index is 0.877. The molecular formula is C72H140. The molecule has 0 bridgehead atoms. The largest absolute Gasteiger partial charge is 0.103 e. The summed E-state index contributed by atoms with van der Waals surface area (Å²) in [5.41, 5.74) is 0. The molecule has 0 fully saturated rings. The quantitative estimate of drug-likeness (QED) is 0.0421. The molecule has 0 radical (unpaired) electrons. The van der Waals surface area contributed by atoms with E-state index in [1.165, 1.54) is 270 Å². The lowest BCUT2D eigenvalue weighted by molar-refractivity contribution is 0.503. The first-order valence-corrected chi connectivity index (χ1v) is 32.9. The van der Waals surface area contributed by atoms with Crippen LogP contribution in [-0.4, -0.2) is 0 Å². The van der Waals surface area contributed by atoms with Crippen molar-refractivity contribution in [2.75, 3.05) is 0 Å². The number of unbranched alkanes of at least 4 members (excludes halogenated alkanes) is 32. The first-order valence-electron chi connectivity index (χ1n) is 32.9. The van der Waals surface area contributed by atoms with Gasteiger partial charge in [-0.1, -0.05) is 355 Å². The first-order chi connectivity index (χ1) is 35.1. The normalized spacial score (nSPS) is 11.8. The molecule has 72 heavy (non-hydrogen) atoms. The van der Waals surface area contributed by atoms with Crippen LogP contribution in [0.15, 0.2) is 73.4 Å². The fraction of sp³-hybridized carbons (Fsp3) is 0.833. The van der Waals surface area contributed by atoms with Gasteiger partial charge < -0.3 is 0 Å². The minimum Gasteiger partial charge on any atom is -0.103 e. The maximum atomic E-state index is 3.69. The second-order valence-corrected chi connectivity index (χ2v) is 23.6. The zero-order chi connectivity index (χ0) is 53.9. The van der Waals surface area contributed by atoms with Gasteiger partial charge in [0.15, 0.2) is 0 Å². The van der Waals surface area contributed by atoms with Crippen molar-refractivity contribution in [3.8, 4) is 0 Å². The predicted octanol–water partition coefficient (Wildman–Crippen LogP) is 27.2. The smallest absolute Gasteiger partial charge is 0.0169 e. The van der Waals surface area contributed by atoms with Crippen molar-refractivity contribution in [2.24, 2.45) is 23.7 Å². The highest BCUT2D eigenvalue weighted by Crippen LogP contribution is 2.16. The van der Waals surface area contributed by atoms with Crippen molar-refractivity contribution in [1.29, 1.82) is 0 Å². The van der Waals surface area contributed by atoms with Gasteiger partial charge in [-0.05, 0) is 101 Å². The van der Waals surface area contributed by atoms with E-state index < -0.39 is 0 Å². The fourth-order valence-corrected chi connectivity index (χ4v) is 8.79. The van der Waals surface area contributed by atoms with Crippen LogP contribution in [0.25, 0.3) is 0 Å². The number of hydrogen-bond acceptors (Lipinski definition) is 0. The Labute approximate surface area is 460 Å². The van der Waals surface area contributed by atoms with Crippen molar-refractivity contribution in [2.45, 2.75) is 365 Å². The van der Waals surface area contributed by atoms with E-state index in [1.54, 1.807) is 0 Å². The fourth-order valence-electron chi connectivity index (χ4n) is 8.79. The number of rotatable bonds is 51. The molecule has 0 atom stereocenters. The van der Waals surface area contributed by atoms with E-state index in [0.29, 0.717) is 0 Å². The third kappa shape index (κ3) is 91.1. The Morgan fingerprint density at radius 3 is 0.694 bits per heavy atom. The lowest BCUT2D eigenvalue weighted by atomic mass is 10.0. The summed E-state index contributed by atoms with van der Waals surface area (Å²) in [7, 11) is 0. The van der Waals surface area contributed by atoms with Gasteiger partial charge in [0.1, 0.15) is 0 Å². The monoisotopic (exact) mass is 1010 g/mol. The Morgan fingerprint density at radius 1 is 0.222 bits per heavy atom. The van der Waals surface area contributed by atoms with E-state index in [0.717, 1.165) is 42.9 Å². The van der Waals surface area contributed by atoms with E-state index in [1.807, 2.05) is 6.08 Å². The van der Waals surface area contributed by atoms with Crippen molar-refractivity contribution in [3.63, 3.8) is 0 Å². The SMILES string of the molecule is C=CC/C=C\C/C=C\CCCCCCCC(C)C.CCC/C=C\C/C=C\CCCCCCCC(C)C.CCCCCC/C=C\CCCCCCCC(C)C.CCCCCCCCCCCCCCCC(C)C. The van der Waals surface area contributed by atoms with Gasteiger partial charge in [-0.3, -0.25) is 0 Å². The minimum absolute atomic E-state index is 0.877. The van der Waals surface area contributed by atoms with E-state index in [9.17, 15) is 0 Å². The molecule has 0 nitrogen and oxygen atoms in total. The van der Waals surface area contributed by atoms with Crippen LogP contribution in [0.2, 0.25) is 0 Å². The Morgan fingerprint density at radius 2 is 0.431 bits per heavy atom. The van der Waals surface area contributed by atoms with E-state index >= 15 is 0 Å². The average molecular weight is 1010 g/mol. The van der Waals surface area contributed by atoms with Gasteiger partial charge in [-0.2, -0.15) is 0 Å². The van der Waals surface area contributed by atoms with Crippen LogP contribution in [0.4, 0.5) is 0 Å². The third-order valence-corrected chi connectivity index (χ3v) is 13.7. The highest BCUT2D eigenvalue weighted by molar-refractivity contribution is 4.95. The van der Waals surface area contributed by atoms with Crippen molar-refractivity contribution in [3.05, 3.63) is 73.4 Å². The molecular weight excluding hydrogens is 865 g/mol. The molecule has 0 heteroatoms. The number of allylic oxidation sites excluding steroid dienone is 11. The molecule has 0 heterocycles. The van der Waals surface area contributed by atoms with Crippen LogP contribution in [0.5, 0.6) is 0 Å². The predicted molar refractivity (Wildman–Crippen MR) is 340 cm³/mol. The third-order valence-electron chi connectivity index (χ3n) is 13.7. The molecule has 428 valence electrons. The zero-order valence-electron chi connectivity index (χ0n) is 52.2. The summed E-state index contributed by atoms with van der Waals surface area (Å²) in [5.74, 6) is 3.55. The molecule has 0 unspecified atom stereocenters. The lowest BCUT2D eigenvalue weighted by Crippen LogP contribution is -1.87. The maximum absolute atomic E-state index is 3.69. The summed E-state index contributed by atoms with van der Waals surface area (Å²) in [4.78, 5) is 0. The highest BCUT2D eigenvalue weighted by Gasteiger charge is 1.98. The Kier molecular flexibility index (Phi) is 78.7. The van der Waals surface area contributed by atoms with E-state index in [-0.39, 0.29) is 0 Å². The second-order valence-electron chi connectivity index (χ2n) is 23.6. The highest BCUT2D eigenvalue weighted by atomic mass is 14.0. The summed E-state index contributed by atoms with van der Waals surface area (Å²) in [6.07, 6.45) is 87.2. The maximum Gasteiger partial charge on any atom is -0.0169 e. The average Bonchev–Trinajstić information content (AvgIpc) is 3.35. The van der Waals surface area contributed by atoms with Crippen molar-refractivity contribution >= 4 is 0 Å². The van der Waals surface area contributed by atoms with Gasteiger partial charge in [-0.25, -0.2) is 0 Å². The Balaban J connectivity index is -0.000000428. The van der Waals surface area contributed by atoms with Crippen molar-refractivity contribution < 1.29 is 0 Å². The molecule has 0 aliphatic rings. The van der Waals surface area contributed by atoms with Gasteiger partial charge >= 0.3 is 0 Å². The molecule has 0 aromatic heterocycles. The van der Waals surface area contributed by atoms with Crippen molar-refractivity contribution in [1.82, 2.24) is 0 Å². The van der Waals surface area contributed by atoms with Gasteiger partial charge in [0.2, 0.25) is 0 Å². The summed E-state index contributed by atoms with van der Waals surface area (Å²) in [6, 6.07) is 0. The molecule has 0 amide bonds. The Hall–Kier alpha value is -1.56. The van der Waals surface area contributed by atoms with E-state index in [4.69, 9.17) is 0 Å². The van der Waals surface area contributed by atoms with Gasteiger partial charge in [0.25, 0.3) is 0 Å². The van der Waals surface area contributed by atoms with Gasteiger partial charge in [0, 0.05) is 0 Å². The number of hydrogen-bond donors (Lipinski definition) is 0. The van der Waals surface area contributed by atoms with Crippen LogP contribution in [0.1, 0.15) is 365 Å². The molecule has 0 saturated carbocycles.